The second-order valence-electron chi connectivity index (χ2n) is 5.77. The first-order valence-corrected chi connectivity index (χ1v) is 9.53. The lowest BCUT2D eigenvalue weighted by Crippen LogP contribution is -2.28. The molecule has 1 heterocycles. The number of benzene rings is 2. The Balaban J connectivity index is 1.66. The van der Waals surface area contributed by atoms with Crippen LogP contribution in [0.25, 0.3) is 10.6 Å². The molecule has 26 heavy (non-hydrogen) atoms. The van der Waals surface area contributed by atoms with Crippen LogP contribution in [0.4, 0.5) is 10.5 Å². The van der Waals surface area contributed by atoms with Crippen LogP contribution in [0.15, 0.2) is 42.5 Å². The number of halogens is 2. The molecule has 0 bridgehead atoms. The minimum atomic E-state index is -0.334. The zero-order valence-corrected chi connectivity index (χ0v) is 16.6. The zero-order chi connectivity index (χ0) is 18.7. The van der Waals surface area contributed by atoms with Gasteiger partial charge in [-0.05, 0) is 37.6 Å². The van der Waals surface area contributed by atoms with E-state index in [1.807, 2.05) is 19.1 Å². The van der Waals surface area contributed by atoms with Gasteiger partial charge in [-0.25, -0.2) is 9.78 Å². The van der Waals surface area contributed by atoms with Gasteiger partial charge in [-0.3, -0.25) is 0 Å². The summed E-state index contributed by atoms with van der Waals surface area (Å²) in [5, 5.41) is 7.42. The van der Waals surface area contributed by atoms with Gasteiger partial charge < -0.3 is 10.6 Å². The lowest BCUT2D eigenvalue weighted by Gasteiger charge is -2.08. The van der Waals surface area contributed by atoms with E-state index in [0.29, 0.717) is 22.3 Å². The van der Waals surface area contributed by atoms with Crippen molar-refractivity contribution < 1.29 is 4.79 Å². The zero-order valence-electron chi connectivity index (χ0n) is 14.3. The Kier molecular flexibility index (Phi) is 5.81. The Morgan fingerprint density at radius 1 is 1.15 bits per heavy atom. The molecule has 0 unspecified atom stereocenters. The average Bonchev–Trinajstić information content (AvgIpc) is 2.96. The normalized spacial score (nSPS) is 10.6. The van der Waals surface area contributed by atoms with E-state index in [1.54, 1.807) is 29.5 Å². The van der Waals surface area contributed by atoms with Crippen LogP contribution in [0.2, 0.25) is 10.0 Å². The van der Waals surface area contributed by atoms with Crippen LogP contribution in [-0.2, 0) is 6.54 Å². The molecule has 134 valence electrons. The Morgan fingerprint density at radius 3 is 2.65 bits per heavy atom. The molecule has 4 nitrogen and oxygen atoms in total. The van der Waals surface area contributed by atoms with Crippen molar-refractivity contribution in [1.29, 1.82) is 0 Å². The van der Waals surface area contributed by atoms with Gasteiger partial charge in [0.1, 0.15) is 5.01 Å². The fourth-order valence-electron chi connectivity index (χ4n) is 2.44. The second kappa shape index (κ2) is 8.08. The van der Waals surface area contributed by atoms with Crippen LogP contribution in [0.5, 0.6) is 0 Å². The van der Waals surface area contributed by atoms with E-state index in [0.717, 1.165) is 21.1 Å². The molecule has 0 fully saturated rings. The number of carbonyl (C=O) groups is 1. The molecule has 0 aliphatic heterocycles. The van der Waals surface area contributed by atoms with E-state index in [1.165, 1.54) is 5.56 Å². The van der Waals surface area contributed by atoms with Gasteiger partial charge in [-0.2, -0.15) is 0 Å². The molecular weight excluding hydrogens is 389 g/mol. The number of carbonyl (C=O) groups excluding carboxylic acids is 1. The molecular formula is C19H17Cl2N3OS. The summed E-state index contributed by atoms with van der Waals surface area (Å²) >= 11 is 13.5. The third-order valence-corrected chi connectivity index (χ3v) is 5.60. The molecule has 1 aromatic heterocycles. The number of thiazole rings is 1. The van der Waals surface area contributed by atoms with E-state index in [9.17, 15) is 4.79 Å². The first kappa shape index (κ1) is 18.7. The Morgan fingerprint density at radius 2 is 1.92 bits per heavy atom. The molecule has 0 radical (unpaired) electrons. The summed E-state index contributed by atoms with van der Waals surface area (Å²) in [7, 11) is 0. The van der Waals surface area contributed by atoms with Gasteiger partial charge in [0.05, 0.1) is 22.9 Å². The Bertz CT molecular complexity index is 956. The van der Waals surface area contributed by atoms with E-state index < -0.39 is 0 Å². The molecule has 2 N–H and O–H groups in total. The number of hydrogen-bond donors (Lipinski definition) is 2. The van der Waals surface area contributed by atoms with Crippen LogP contribution >= 0.6 is 34.5 Å². The fourth-order valence-corrected chi connectivity index (χ4v) is 3.99. The molecule has 2 aromatic carbocycles. The maximum absolute atomic E-state index is 12.1. The smallest absolute Gasteiger partial charge is 0.319 e. The third kappa shape index (κ3) is 4.36. The largest absolute Gasteiger partial charge is 0.333 e. The van der Waals surface area contributed by atoms with E-state index >= 15 is 0 Å². The molecule has 3 aromatic rings. The number of amides is 2. The second-order valence-corrected chi connectivity index (χ2v) is 7.70. The quantitative estimate of drug-likeness (QED) is 0.554. The minimum absolute atomic E-state index is 0.334. The Labute approximate surface area is 166 Å². The number of hydrogen-bond acceptors (Lipinski definition) is 3. The molecule has 0 saturated carbocycles. The number of nitrogens with zero attached hydrogens (tertiary/aromatic N) is 1. The van der Waals surface area contributed by atoms with Gasteiger partial charge in [-0.1, -0.05) is 47.5 Å². The van der Waals surface area contributed by atoms with Crippen LogP contribution in [-0.4, -0.2) is 11.0 Å². The number of nitrogens with one attached hydrogen (secondary N) is 2. The van der Waals surface area contributed by atoms with Gasteiger partial charge in [0.15, 0.2) is 0 Å². The number of anilines is 1. The number of aryl methyl sites for hydroxylation is 2. The van der Waals surface area contributed by atoms with Crippen molar-refractivity contribution in [3.63, 3.8) is 0 Å². The topological polar surface area (TPSA) is 54.0 Å². The lowest BCUT2D eigenvalue weighted by molar-refractivity contribution is 0.252. The van der Waals surface area contributed by atoms with Gasteiger partial charge in [-0.15, -0.1) is 11.3 Å². The van der Waals surface area contributed by atoms with E-state index in [-0.39, 0.29) is 6.03 Å². The number of aromatic nitrogens is 1. The highest BCUT2D eigenvalue weighted by atomic mass is 35.5. The lowest BCUT2D eigenvalue weighted by atomic mass is 10.1. The van der Waals surface area contributed by atoms with E-state index in [4.69, 9.17) is 23.2 Å². The molecule has 3 rings (SSSR count). The van der Waals surface area contributed by atoms with Gasteiger partial charge in [0.25, 0.3) is 0 Å². The first-order valence-electron chi connectivity index (χ1n) is 7.96. The van der Waals surface area contributed by atoms with Crippen LogP contribution < -0.4 is 10.6 Å². The summed E-state index contributed by atoms with van der Waals surface area (Å²) in [4.78, 5) is 17.8. The maximum atomic E-state index is 12.1. The highest BCUT2D eigenvalue weighted by molar-refractivity contribution is 7.15. The summed E-state index contributed by atoms with van der Waals surface area (Å²) in [6, 6.07) is 12.7. The highest BCUT2D eigenvalue weighted by Crippen LogP contribution is 2.30. The summed E-state index contributed by atoms with van der Waals surface area (Å²) in [5.74, 6) is 0. The van der Waals surface area contributed by atoms with Crippen molar-refractivity contribution in [3.05, 3.63) is 68.6 Å². The van der Waals surface area contributed by atoms with Gasteiger partial charge >= 0.3 is 6.03 Å². The minimum Gasteiger partial charge on any atom is -0.333 e. The van der Waals surface area contributed by atoms with Crippen molar-refractivity contribution >= 4 is 46.3 Å². The Hall–Kier alpha value is -2.08. The van der Waals surface area contributed by atoms with Crippen molar-refractivity contribution in [1.82, 2.24) is 10.3 Å². The highest BCUT2D eigenvalue weighted by Gasteiger charge is 2.12. The van der Waals surface area contributed by atoms with Crippen LogP contribution in [0, 0.1) is 13.8 Å². The molecule has 7 heteroatoms. The molecule has 0 spiro atoms. The van der Waals surface area contributed by atoms with Crippen molar-refractivity contribution in [2.75, 3.05) is 5.32 Å². The van der Waals surface area contributed by atoms with Gasteiger partial charge in [0.2, 0.25) is 0 Å². The predicted molar refractivity (Wildman–Crippen MR) is 109 cm³/mol. The maximum Gasteiger partial charge on any atom is 0.319 e. The molecule has 0 aliphatic rings. The van der Waals surface area contributed by atoms with Gasteiger partial charge in [0, 0.05) is 15.5 Å². The van der Waals surface area contributed by atoms with Crippen LogP contribution in [0.1, 0.15) is 16.1 Å². The molecule has 0 saturated heterocycles. The average molecular weight is 406 g/mol. The van der Waals surface area contributed by atoms with Crippen LogP contribution in [0.3, 0.4) is 0 Å². The molecule has 0 aliphatic carbocycles. The summed E-state index contributed by atoms with van der Waals surface area (Å²) in [6.45, 7) is 4.41. The monoisotopic (exact) mass is 405 g/mol. The number of urea groups is 1. The van der Waals surface area contributed by atoms with Crippen molar-refractivity contribution in [2.24, 2.45) is 0 Å². The van der Waals surface area contributed by atoms with Crippen molar-refractivity contribution in [3.8, 4) is 10.6 Å². The van der Waals surface area contributed by atoms with E-state index in [2.05, 4.69) is 34.7 Å². The first-order chi connectivity index (χ1) is 12.4. The SMILES string of the molecule is Cc1ccccc1-c1nc(C)c(CNC(=O)Nc2ccc(Cl)cc2Cl)s1. The third-order valence-electron chi connectivity index (χ3n) is 3.86. The summed E-state index contributed by atoms with van der Waals surface area (Å²) < 4.78 is 0. The fraction of sp³-hybridized carbons (Fsp3) is 0.158. The summed E-state index contributed by atoms with van der Waals surface area (Å²) in [6.07, 6.45) is 0. The predicted octanol–water partition coefficient (Wildman–Crippen LogP) is 6.06. The van der Waals surface area contributed by atoms with Crippen molar-refractivity contribution in [2.45, 2.75) is 20.4 Å². The summed E-state index contributed by atoms with van der Waals surface area (Å²) in [5.41, 5.74) is 3.72. The number of rotatable bonds is 4. The standard InChI is InChI=1S/C19H17Cl2N3OS/c1-11-5-3-4-6-14(11)18-23-12(2)17(26-18)10-22-19(25)24-16-8-7-13(20)9-15(16)21/h3-9H,10H2,1-2H3,(H2,22,24,25). The molecule has 0 atom stereocenters. The molecule has 2 amide bonds.